The van der Waals surface area contributed by atoms with E-state index < -0.39 is 5.97 Å². The summed E-state index contributed by atoms with van der Waals surface area (Å²) in [7, 11) is 2.03. The normalized spacial score (nSPS) is 11.0. The molecule has 0 aliphatic rings. The monoisotopic (exact) mass is 305 g/mol. The molecule has 0 aliphatic carbocycles. The van der Waals surface area contributed by atoms with Gasteiger partial charge in [0.25, 0.3) is 0 Å². The van der Waals surface area contributed by atoms with Crippen molar-refractivity contribution in [2.75, 3.05) is 13.6 Å². The van der Waals surface area contributed by atoms with Crippen LogP contribution in [0.25, 0.3) is 11.3 Å². The highest BCUT2D eigenvalue weighted by Crippen LogP contribution is 2.28. The first kappa shape index (κ1) is 15.6. The van der Waals surface area contributed by atoms with Crippen LogP contribution in [0.5, 0.6) is 0 Å². The van der Waals surface area contributed by atoms with E-state index in [4.69, 9.17) is 0 Å². The van der Waals surface area contributed by atoms with Crippen LogP contribution in [0.4, 0.5) is 0 Å². The maximum atomic E-state index is 11.4. The molecule has 0 radical (unpaired) electrons. The SMILES string of the molecule is CCCCN(C)Cc1nc(-c2ccncc2)c(C(=O)O)s1. The van der Waals surface area contributed by atoms with Gasteiger partial charge in [0.1, 0.15) is 9.88 Å². The topological polar surface area (TPSA) is 66.3 Å². The van der Waals surface area contributed by atoms with E-state index in [9.17, 15) is 9.90 Å². The van der Waals surface area contributed by atoms with Gasteiger partial charge >= 0.3 is 5.97 Å². The summed E-state index contributed by atoms with van der Waals surface area (Å²) in [6.07, 6.45) is 5.57. The first-order valence-corrected chi connectivity index (χ1v) is 7.75. The summed E-state index contributed by atoms with van der Waals surface area (Å²) >= 11 is 1.25. The van der Waals surface area contributed by atoms with Crippen LogP contribution >= 0.6 is 11.3 Å². The number of carboxylic acid groups (broad SMARTS) is 1. The quantitative estimate of drug-likeness (QED) is 0.851. The average molecular weight is 305 g/mol. The summed E-state index contributed by atoms with van der Waals surface area (Å²) in [5, 5.41) is 10.2. The number of carbonyl (C=O) groups is 1. The van der Waals surface area contributed by atoms with Crippen molar-refractivity contribution in [3.63, 3.8) is 0 Å². The molecular formula is C15H19N3O2S. The van der Waals surface area contributed by atoms with Crippen LogP contribution in [0.2, 0.25) is 0 Å². The molecule has 21 heavy (non-hydrogen) atoms. The van der Waals surface area contributed by atoms with E-state index in [1.807, 2.05) is 7.05 Å². The van der Waals surface area contributed by atoms with Crippen molar-refractivity contribution >= 4 is 17.3 Å². The molecule has 0 fully saturated rings. The van der Waals surface area contributed by atoms with Crippen molar-refractivity contribution in [3.05, 3.63) is 34.4 Å². The van der Waals surface area contributed by atoms with Crippen molar-refractivity contribution in [1.29, 1.82) is 0 Å². The Bertz CT molecular complexity index is 598. The summed E-state index contributed by atoms with van der Waals surface area (Å²) in [4.78, 5) is 22.3. The van der Waals surface area contributed by atoms with Gasteiger partial charge in [0.15, 0.2) is 0 Å². The van der Waals surface area contributed by atoms with Gasteiger partial charge in [-0.05, 0) is 32.1 Å². The lowest BCUT2D eigenvalue weighted by molar-refractivity contribution is 0.0702. The third-order valence-electron chi connectivity index (χ3n) is 3.12. The second-order valence-corrected chi connectivity index (χ2v) is 6.00. The maximum Gasteiger partial charge on any atom is 0.348 e. The van der Waals surface area contributed by atoms with E-state index in [-0.39, 0.29) is 0 Å². The number of unbranched alkanes of at least 4 members (excludes halogenated alkanes) is 1. The van der Waals surface area contributed by atoms with Crippen LogP contribution in [0.15, 0.2) is 24.5 Å². The van der Waals surface area contributed by atoms with Crippen molar-refractivity contribution in [3.8, 4) is 11.3 Å². The number of hydrogen-bond donors (Lipinski definition) is 1. The lowest BCUT2D eigenvalue weighted by atomic mass is 10.2. The Morgan fingerprint density at radius 3 is 2.71 bits per heavy atom. The fraction of sp³-hybridized carbons (Fsp3) is 0.400. The molecule has 2 aromatic rings. The maximum absolute atomic E-state index is 11.4. The average Bonchev–Trinajstić information content (AvgIpc) is 2.90. The van der Waals surface area contributed by atoms with Gasteiger partial charge in [0, 0.05) is 18.0 Å². The van der Waals surface area contributed by atoms with Gasteiger partial charge in [-0.15, -0.1) is 11.3 Å². The van der Waals surface area contributed by atoms with E-state index in [0.717, 1.165) is 30.0 Å². The zero-order valence-electron chi connectivity index (χ0n) is 12.2. The second kappa shape index (κ2) is 7.28. The third kappa shape index (κ3) is 4.09. The van der Waals surface area contributed by atoms with E-state index in [1.54, 1.807) is 24.5 Å². The lowest BCUT2D eigenvalue weighted by Crippen LogP contribution is -2.18. The van der Waals surface area contributed by atoms with Gasteiger partial charge in [-0.25, -0.2) is 9.78 Å². The van der Waals surface area contributed by atoms with Gasteiger partial charge in [0.2, 0.25) is 0 Å². The molecule has 0 saturated heterocycles. The zero-order valence-corrected chi connectivity index (χ0v) is 13.1. The number of aromatic nitrogens is 2. The molecule has 0 aliphatic heterocycles. The Hall–Kier alpha value is -1.79. The number of aromatic carboxylic acids is 1. The molecular weight excluding hydrogens is 286 g/mol. The van der Waals surface area contributed by atoms with E-state index in [2.05, 4.69) is 21.8 Å². The Labute approximate surface area is 128 Å². The second-order valence-electron chi connectivity index (χ2n) is 4.92. The number of thiazole rings is 1. The molecule has 0 amide bonds. The summed E-state index contributed by atoms with van der Waals surface area (Å²) in [6, 6.07) is 3.57. The van der Waals surface area contributed by atoms with Crippen LogP contribution in [0.3, 0.4) is 0 Å². The fourth-order valence-corrected chi connectivity index (χ4v) is 3.03. The lowest BCUT2D eigenvalue weighted by Gasteiger charge is -2.13. The third-order valence-corrected chi connectivity index (χ3v) is 4.15. The molecule has 0 spiro atoms. The highest BCUT2D eigenvalue weighted by molar-refractivity contribution is 7.14. The van der Waals surface area contributed by atoms with Crippen molar-refractivity contribution in [2.24, 2.45) is 0 Å². The van der Waals surface area contributed by atoms with Gasteiger partial charge in [-0.3, -0.25) is 9.88 Å². The highest BCUT2D eigenvalue weighted by atomic mass is 32.1. The first-order valence-electron chi connectivity index (χ1n) is 6.93. The predicted octanol–water partition coefficient (Wildman–Crippen LogP) is 3.14. The van der Waals surface area contributed by atoms with Crippen LogP contribution in [-0.4, -0.2) is 39.5 Å². The van der Waals surface area contributed by atoms with Gasteiger partial charge in [0.05, 0.1) is 12.2 Å². The molecule has 0 saturated carbocycles. The molecule has 0 bridgehead atoms. The number of hydrogen-bond acceptors (Lipinski definition) is 5. The molecule has 2 heterocycles. The van der Waals surface area contributed by atoms with E-state index in [0.29, 0.717) is 17.1 Å². The van der Waals surface area contributed by atoms with Crippen LogP contribution in [-0.2, 0) is 6.54 Å². The number of pyridine rings is 1. The highest BCUT2D eigenvalue weighted by Gasteiger charge is 2.19. The van der Waals surface area contributed by atoms with Gasteiger partial charge in [-0.1, -0.05) is 13.3 Å². The molecule has 1 N–H and O–H groups in total. The summed E-state index contributed by atoms with van der Waals surface area (Å²) < 4.78 is 0. The standard InChI is InChI=1S/C15H19N3O2S/c1-3-4-9-18(2)10-12-17-13(14(21-12)15(19)20)11-5-7-16-8-6-11/h5-8H,3-4,9-10H2,1-2H3,(H,19,20). The van der Waals surface area contributed by atoms with Crippen LogP contribution in [0.1, 0.15) is 34.4 Å². The predicted molar refractivity (Wildman–Crippen MR) is 83.5 cm³/mol. The summed E-state index contributed by atoms with van der Waals surface area (Å²) in [5.41, 5.74) is 1.33. The van der Waals surface area contributed by atoms with Crippen LogP contribution in [0, 0.1) is 0 Å². The first-order chi connectivity index (χ1) is 10.1. The molecule has 0 atom stereocenters. The minimum absolute atomic E-state index is 0.292. The number of rotatable bonds is 7. The molecule has 0 aromatic carbocycles. The minimum Gasteiger partial charge on any atom is -0.477 e. The summed E-state index contributed by atoms with van der Waals surface area (Å²) in [6.45, 7) is 3.82. The largest absolute Gasteiger partial charge is 0.477 e. The molecule has 2 rings (SSSR count). The van der Waals surface area contributed by atoms with Gasteiger partial charge in [-0.2, -0.15) is 0 Å². The zero-order chi connectivity index (χ0) is 15.2. The smallest absolute Gasteiger partial charge is 0.348 e. The molecule has 5 nitrogen and oxygen atoms in total. The molecule has 0 unspecified atom stereocenters. The van der Waals surface area contributed by atoms with Gasteiger partial charge < -0.3 is 5.11 Å². The minimum atomic E-state index is -0.929. The molecule has 2 aromatic heterocycles. The Kier molecular flexibility index (Phi) is 5.41. The summed E-state index contributed by atoms with van der Waals surface area (Å²) in [5.74, 6) is -0.929. The molecule has 6 heteroatoms. The van der Waals surface area contributed by atoms with E-state index in [1.165, 1.54) is 11.3 Å². The van der Waals surface area contributed by atoms with Crippen molar-refractivity contribution in [2.45, 2.75) is 26.3 Å². The van der Waals surface area contributed by atoms with E-state index >= 15 is 0 Å². The Balaban J connectivity index is 2.24. The van der Waals surface area contributed by atoms with Crippen LogP contribution < -0.4 is 0 Å². The number of nitrogens with zero attached hydrogens (tertiary/aromatic N) is 3. The Morgan fingerprint density at radius 1 is 1.38 bits per heavy atom. The van der Waals surface area contributed by atoms with Crippen molar-refractivity contribution < 1.29 is 9.90 Å². The Morgan fingerprint density at radius 2 is 2.10 bits per heavy atom. The number of carboxylic acids is 1. The fourth-order valence-electron chi connectivity index (χ4n) is 2.02. The molecule has 112 valence electrons. The van der Waals surface area contributed by atoms with Crippen molar-refractivity contribution in [1.82, 2.24) is 14.9 Å².